The largest absolute Gasteiger partial charge is 0.311 e. The van der Waals surface area contributed by atoms with Gasteiger partial charge in [-0.15, -0.1) is 0 Å². The van der Waals surface area contributed by atoms with Gasteiger partial charge in [0, 0.05) is 25.2 Å². The van der Waals surface area contributed by atoms with Crippen LogP contribution in [0.2, 0.25) is 0 Å². The second kappa shape index (κ2) is 5.47. The van der Waals surface area contributed by atoms with Crippen molar-refractivity contribution in [3.63, 3.8) is 0 Å². The van der Waals surface area contributed by atoms with E-state index in [0.29, 0.717) is 12.5 Å². The lowest BCUT2D eigenvalue weighted by Gasteiger charge is -2.36. The number of rotatable bonds is 4. The highest BCUT2D eigenvalue weighted by atomic mass is 32.2. The third-order valence-electron chi connectivity index (χ3n) is 3.02. The molecule has 2 unspecified atom stereocenters. The van der Waals surface area contributed by atoms with Gasteiger partial charge in [-0.3, -0.25) is 0 Å². The number of nitrogens with zero attached hydrogens (tertiary/aromatic N) is 1. The van der Waals surface area contributed by atoms with Gasteiger partial charge in [-0.25, -0.2) is 8.42 Å². The van der Waals surface area contributed by atoms with E-state index in [1.54, 1.807) is 4.31 Å². The molecule has 1 N–H and O–H groups in total. The zero-order valence-corrected chi connectivity index (χ0v) is 11.5. The molecule has 1 aliphatic rings. The topological polar surface area (TPSA) is 49.4 Å². The molecule has 2 atom stereocenters. The van der Waals surface area contributed by atoms with Crippen molar-refractivity contribution in [3.05, 3.63) is 0 Å². The predicted molar refractivity (Wildman–Crippen MR) is 66.9 cm³/mol. The maximum Gasteiger partial charge on any atom is 0.214 e. The average Bonchev–Trinajstić information content (AvgIpc) is 2.19. The van der Waals surface area contributed by atoms with Crippen molar-refractivity contribution in [3.8, 4) is 0 Å². The van der Waals surface area contributed by atoms with Crippen LogP contribution in [0.5, 0.6) is 0 Å². The third kappa shape index (κ3) is 3.71. The molecule has 0 amide bonds. The van der Waals surface area contributed by atoms with Gasteiger partial charge >= 0.3 is 0 Å². The van der Waals surface area contributed by atoms with Crippen LogP contribution in [0.3, 0.4) is 0 Å². The van der Waals surface area contributed by atoms with E-state index in [1.807, 2.05) is 13.8 Å². The molecule has 1 fully saturated rings. The molecule has 0 aromatic heterocycles. The van der Waals surface area contributed by atoms with Crippen molar-refractivity contribution in [2.24, 2.45) is 5.92 Å². The summed E-state index contributed by atoms with van der Waals surface area (Å²) < 4.78 is 26.0. The maximum absolute atomic E-state index is 12.1. The Morgan fingerprint density at radius 2 is 2.00 bits per heavy atom. The van der Waals surface area contributed by atoms with Gasteiger partial charge in [-0.05, 0) is 26.2 Å². The van der Waals surface area contributed by atoms with Gasteiger partial charge < -0.3 is 5.32 Å². The van der Waals surface area contributed by atoms with Crippen molar-refractivity contribution >= 4 is 10.0 Å². The van der Waals surface area contributed by atoms with Crippen molar-refractivity contribution in [2.75, 3.05) is 18.8 Å². The van der Waals surface area contributed by atoms with Crippen LogP contribution in [-0.4, -0.2) is 43.6 Å². The zero-order valence-electron chi connectivity index (χ0n) is 10.7. The molecule has 96 valence electrons. The Morgan fingerprint density at radius 1 is 1.38 bits per heavy atom. The van der Waals surface area contributed by atoms with E-state index in [-0.39, 0.29) is 17.8 Å². The molecule has 0 saturated carbocycles. The normalized spacial score (nSPS) is 28.6. The molecular weight excluding hydrogens is 224 g/mol. The molecule has 0 spiro atoms. The molecule has 0 aromatic carbocycles. The Balaban J connectivity index is 2.65. The fourth-order valence-corrected chi connectivity index (χ4v) is 3.95. The molecule has 4 nitrogen and oxygen atoms in total. The molecule has 0 aliphatic carbocycles. The summed E-state index contributed by atoms with van der Waals surface area (Å²) >= 11 is 0. The Morgan fingerprint density at radius 3 is 2.56 bits per heavy atom. The number of hydrogen-bond donors (Lipinski definition) is 1. The molecule has 1 rings (SSSR count). The van der Waals surface area contributed by atoms with Gasteiger partial charge in [0.2, 0.25) is 10.0 Å². The summed E-state index contributed by atoms with van der Waals surface area (Å²) in [6.45, 7) is 9.45. The monoisotopic (exact) mass is 248 g/mol. The van der Waals surface area contributed by atoms with Crippen LogP contribution in [0.1, 0.15) is 34.1 Å². The van der Waals surface area contributed by atoms with Crippen molar-refractivity contribution in [2.45, 2.75) is 46.2 Å². The van der Waals surface area contributed by atoms with E-state index in [2.05, 4.69) is 19.2 Å². The Hall–Kier alpha value is -0.130. The third-order valence-corrected chi connectivity index (χ3v) is 4.99. The first-order chi connectivity index (χ1) is 7.33. The maximum atomic E-state index is 12.1. The van der Waals surface area contributed by atoms with Crippen LogP contribution in [0.4, 0.5) is 0 Å². The fraction of sp³-hybridized carbons (Fsp3) is 1.00. The Kier molecular flexibility index (Phi) is 4.76. The second-order valence-electron chi connectivity index (χ2n) is 5.23. The van der Waals surface area contributed by atoms with E-state index in [0.717, 1.165) is 13.0 Å². The fourth-order valence-electron chi connectivity index (χ4n) is 1.88. The van der Waals surface area contributed by atoms with Gasteiger partial charge in [-0.1, -0.05) is 13.8 Å². The molecule has 1 saturated heterocycles. The first-order valence-corrected chi connectivity index (χ1v) is 7.66. The molecular formula is C11H24N2O2S. The van der Waals surface area contributed by atoms with Crippen LogP contribution in [0.25, 0.3) is 0 Å². The molecule has 0 bridgehead atoms. The first-order valence-electron chi connectivity index (χ1n) is 6.06. The minimum atomic E-state index is -3.07. The highest BCUT2D eigenvalue weighted by Crippen LogP contribution is 2.15. The summed E-state index contributed by atoms with van der Waals surface area (Å²) in [5.41, 5.74) is 0. The second-order valence-corrected chi connectivity index (χ2v) is 7.27. The summed E-state index contributed by atoms with van der Waals surface area (Å²) in [6.07, 6.45) is 0.743. The Labute approximate surface area is 99.5 Å². The predicted octanol–water partition coefficient (Wildman–Crippen LogP) is 1.04. The lowest BCUT2D eigenvalue weighted by Crippen LogP contribution is -2.56. The molecule has 0 aromatic rings. The highest BCUT2D eigenvalue weighted by Gasteiger charge is 2.31. The molecule has 5 heteroatoms. The van der Waals surface area contributed by atoms with Crippen LogP contribution in [0.15, 0.2) is 0 Å². The lowest BCUT2D eigenvalue weighted by molar-refractivity contribution is 0.244. The van der Waals surface area contributed by atoms with E-state index < -0.39 is 10.0 Å². The summed E-state index contributed by atoms with van der Waals surface area (Å²) in [6, 6.07) is 0.332. The number of sulfonamides is 1. The van der Waals surface area contributed by atoms with E-state index in [4.69, 9.17) is 0 Å². The van der Waals surface area contributed by atoms with Crippen molar-refractivity contribution in [1.29, 1.82) is 0 Å². The van der Waals surface area contributed by atoms with Gasteiger partial charge in [0.05, 0.1) is 5.75 Å². The van der Waals surface area contributed by atoms with Crippen LogP contribution in [-0.2, 0) is 10.0 Å². The number of piperazine rings is 1. The van der Waals surface area contributed by atoms with Crippen molar-refractivity contribution in [1.82, 2.24) is 9.62 Å². The first kappa shape index (κ1) is 13.9. The van der Waals surface area contributed by atoms with Gasteiger partial charge in [0.15, 0.2) is 0 Å². The SMILES string of the molecule is CC(C)CCS(=O)(=O)N1CC(C)NCC1C. The smallest absolute Gasteiger partial charge is 0.214 e. The van der Waals surface area contributed by atoms with Crippen LogP contribution >= 0.6 is 0 Å². The van der Waals surface area contributed by atoms with Crippen LogP contribution in [0, 0.1) is 5.92 Å². The molecule has 16 heavy (non-hydrogen) atoms. The molecule has 1 heterocycles. The standard InChI is InChI=1S/C11H24N2O2S/c1-9(2)5-6-16(14,15)13-8-10(3)12-7-11(13)4/h9-12H,5-8H2,1-4H3. The zero-order chi connectivity index (χ0) is 12.3. The van der Waals surface area contributed by atoms with Gasteiger partial charge in [0.25, 0.3) is 0 Å². The van der Waals surface area contributed by atoms with E-state index in [9.17, 15) is 8.42 Å². The number of nitrogens with one attached hydrogen (secondary N) is 1. The summed E-state index contributed by atoms with van der Waals surface area (Å²) in [5.74, 6) is 0.715. The minimum Gasteiger partial charge on any atom is -0.311 e. The minimum absolute atomic E-state index is 0.0772. The quantitative estimate of drug-likeness (QED) is 0.809. The number of hydrogen-bond acceptors (Lipinski definition) is 3. The lowest BCUT2D eigenvalue weighted by atomic mass is 10.2. The Bertz CT molecular complexity index is 314. The van der Waals surface area contributed by atoms with Gasteiger partial charge in [0.1, 0.15) is 0 Å². The molecule has 0 radical (unpaired) electrons. The molecule has 1 aliphatic heterocycles. The van der Waals surface area contributed by atoms with E-state index in [1.165, 1.54) is 0 Å². The van der Waals surface area contributed by atoms with Gasteiger partial charge in [-0.2, -0.15) is 4.31 Å². The summed E-state index contributed by atoms with van der Waals surface area (Å²) in [7, 11) is -3.07. The van der Waals surface area contributed by atoms with Crippen molar-refractivity contribution < 1.29 is 8.42 Å². The van der Waals surface area contributed by atoms with E-state index >= 15 is 0 Å². The summed E-state index contributed by atoms with van der Waals surface area (Å²) in [5, 5.41) is 3.29. The average molecular weight is 248 g/mol. The highest BCUT2D eigenvalue weighted by molar-refractivity contribution is 7.89. The summed E-state index contributed by atoms with van der Waals surface area (Å²) in [4.78, 5) is 0. The van der Waals surface area contributed by atoms with Crippen LogP contribution < -0.4 is 5.32 Å².